The van der Waals surface area contributed by atoms with Crippen LogP contribution in [0.5, 0.6) is 0 Å². The average molecular weight is 337 g/mol. The number of rotatable bonds is 5. The average Bonchev–Trinajstić information content (AvgIpc) is 2.41. The number of carbonyl (C=O) groups is 1. The van der Waals surface area contributed by atoms with Crippen LogP contribution in [0, 0.1) is 0 Å². The molecule has 0 spiro atoms. The Hall–Kier alpha value is -1.26. The third-order valence-electron chi connectivity index (χ3n) is 2.64. The fraction of sp³-hybridized carbons (Fsp3) is 0.133. The number of aliphatic carboxylic acids is 1. The van der Waals surface area contributed by atoms with Crippen molar-refractivity contribution < 1.29 is 9.90 Å². The fourth-order valence-corrected chi connectivity index (χ4v) is 3.48. The lowest BCUT2D eigenvalue weighted by molar-refractivity contribution is -0.137. The molecule has 2 rings (SSSR count). The normalized spacial score (nSPS) is 12.1. The molecule has 2 nitrogen and oxygen atoms in total. The summed E-state index contributed by atoms with van der Waals surface area (Å²) in [6.07, 6.45) is 0.107. The van der Waals surface area contributed by atoms with E-state index >= 15 is 0 Å². The van der Waals surface area contributed by atoms with Gasteiger partial charge in [-0.2, -0.15) is 0 Å². The second-order valence-corrected chi connectivity index (χ2v) is 6.14. The van der Waals surface area contributed by atoms with Crippen LogP contribution in [0.3, 0.4) is 0 Å². The zero-order valence-electron chi connectivity index (χ0n) is 10.1. The van der Waals surface area contributed by atoms with Crippen LogP contribution in [0.4, 0.5) is 0 Å². The molecule has 0 amide bonds. The molecule has 0 aliphatic rings. The molecule has 1 N–H and O–H groups in total. The SMILES string of the molecule is O=C(O)CC(Sc1ccccc1Br)c1ccccc1. The smallest absolute Gasteiger partial charge is 0.304 e. The molecule has 0 fully saturated rings. The van der Waals surface area contributed by atoms with Crippen molar-refractivity contribution in [3.05, 3.63) is 64.6 Å². The molecule has 0 heterocycles. The van der Waals surface area contributed by atoms with Crippen molar-refractivity contribution in [1.82, 2.24) is 0 Å². The van der Waals surface area contributed by atoms with Crippen LogP contribution in [0.15, 0.2) is 64.0 Å². The van der Waals surface area contributed by atoms with E-state index in [2.05, 4.69) is 15.9 Å². The minimum absolute atomic E-state index is 0.0857. The predicted molar refractivity (Wildman–Crippen MR) is 81.4 cm³/mol. The highest BCUT2D eigenvalue weighted by Gasteiger charge is 2.17. The zero-order chi connectivity index (χ0) is 13.7. The van der Waals surface area contributed by atoms with E-state index in [4.69, 9.17) is 5.11 Å². The van der Waals surface area contributed by atoms with Gasteiger partial charge >= 0.3 is 5.97 Å². The lowest BCUT2D eigenvalue weighted by atomic mass is 10.1. The van der Waals surface area contributed by atoms with E-state index in [1.54, 1.807) is 11.8 Å². The molecule has 4 heteroatoms. The Bertz CT molecular complexity index is 557. The number of hydrogen-bond acceptors (Lipinski definition) is 2. The highest BCUT2D eigenvalue weighted by Crippen LogP contribution is 2.40. The first-order chi connectivity index (χ1) is 9.16. The summed E-state index contributed by atoms with van der Waals surface area (Å²) in [6.45, 7) is 0. The van der Waals surface area contributed by atoms with Crippen LogP contribution >= 0.6 is 27.7 Å². The van der Waals surface area contributed by atoms with Crippen molar-refractivity contribution >= 4 is 33.7 Å². The molecule has 0 bridgehead atoms. The molecule has 0 saturated carbocycles. The van der Waals surface area contributed by atoms with Crippen molar-refractivity contribution in [3.63, 3.8) is 0 Å². The van der Waals surface area contributed by atoms with Crippen molar-refractivity contribution in [2.75, 3.05) is 0 Å². The largest absolute Gasteiger partial charge is 0.481 e. The van der Waals surface area contributed by atoms with Gasteiger partial charge in [0.05, 0.1) is 6.42 Å². The summed E-state index contributed by atoms with van der Waals surface area (Å²) in [5.74, 6) is -0.784. The molecule has 2 aromatic carbocycles. The molecule has 0 radical (unpaired) electrons. The number of halogens is 1. The summed E-state index contributed by atoms with van der Waals surface area (Å²) in [6, 6.07) is 17.6. The van der Waals surface area contributed by atoms with Crippen LogP contribution in [-0.4, -0.2) is 11.1 Å². The van der Waals surface area contributed by atoms with Gasteiger partial charge in [0.1, 0.15) is 0 Å². The van der Waals surface area contributed by atoms with Gasteiger partial charge in [-0.1, -0.05) is 42.5 Å². The lowest BCUT2D eigenvalue weighted by Gasteiger charge is -2.15. The maximum Gasteiger partial charge on any atom is 0.304 e. The maximum atomic E-state index is 11.0. The Morgan fingerprint density at radius 1 is 1.11 bits per heavy atom. The highest BCUT2D eigenvalue weighted by atomic mass is 79.9. The van der Waals surface area contributed by atoms with E-state index in [9.17, 15) is 4.79 Å². The van der Waals surface area contributed by atoms with Crippen molar-refractivity contribution in [2.45, 2.75) is 16.6 Å². The topological polar surface area (TPSA) is 37.3 Å². The maximum absolute atomic E-state index is 11.0. The third-order valence-corrected chi connectivity index (χ3v) is 4.92. The van der Waals surface area contributed by atoms with Gasteiger partial charge in [0.2, 0.25) is 0 Å². The second-order valence-electron chi connectivity index (χ2n) is 4.05. The lowest BCUT2D eigenvalue weighted by Crippen LogP contribution is -2.03. The second kappa shape index (κ2) is 6.78. The van der Waals surface area contributed by atoms with Gasteiger partial charge in [-0.05, 0) is 33.6 Å². The fourth-order valence-electron chi connectivity index (χ4n) is 1.75. The van der Waals surface area contributed by atoms with Crippen molar-refractivity contribution in [1.29, 1.82) is 0 Å². The number of carboxylic acid groups (broad SMARTS) is 1. The third kappa shape index (κ3) is 4.11. The Labute approximate surface area is 125 Å². The zero-order valence-corrected chi connectivity index (χ0v) is 12.5. The minimum atomic E-state index is -0.784. The molecule has 1 atom stereocenters. The van der Waals surface area contributed by atoms with Crippen LogP contribution in [0.25, 0.3) is 0 Å². The van der Waals surface area contributed by atoms with E-state index in [0.29, 0.717) is 0 Å². The van der Waals surface area contributed by atoms with Gasteiger partial charge in [0.15, 0.2) is 0 Å². The first kappa shape index (κ1) is 14.2. The summed E-state index contributed by atoms with van der Waals surface area (Å²) in [7, 11) is 0. The first-order valence-electron chi connectivity index (χ1n) is 5.85. The minimum Gasteiger partial charge on any atom is -0.481 e. The molecule has 0 aliphatic heterocycles. The Balaban J connectivity index is 2.24. The summed E-state index contributed by atoms with van der Waals surface area (Å²) in [5, 5.41) is 8.98. The number of carboxylic acids is 1. The van der Waals surface area contributed by atoms with Gasteiger partial charge in [-0.3, -0.25) is 4.79 Å². The Morgan fingerprint density at radius 2 is 1.74 bits per heavy atom. The Morgan fingerprint density at radius 3 is 2.37 bits per heavy atom. The number of benzene rings is 2. The number of hydrogen-bond donors (Lipinski definition) is 1. The molecule has 98 valence electrons. The van der Waals surface area contributed by atoms with Gasteiger partial charge < -0.3 is 5.11 Å². The molecular weight excluding hydrogens is 324 g/mol. The summed E-state index contributed by atoms with van der Waals surface area (Å²) < 4.78 is 0.992. The summed E-state index contributed by atoms with van der Waals surface area (Å²) in [4.78, 5) is 12.1. The number of thioether (sulfide) groups is 1. The van der Waals surface area contributed by atoms with Crippen molar-refractivity contribution in [2.24, 2.45) is 0 Å². The van der Waals surface area contributed by atoms with E-state index in [0.717, 1.165) is 14.9 Å². The van der Waals surface area contributed by atoms with Gasteiger partial charge in [-0.25, -0.2) is 0 Å². The molecule has 0 aromatic heterocycles. The van der Waals surface area contributed by atoms with Crippen molar-refractivity contribution in [3.8, 4) is 0 Å². The molecule has 1 unspecified atom stereocenters. The summed E-state index contributed by atoms with van der Waals surface area (Å²) >= 11 is 5.06. The van der Waals surface area contributed by atoms with E-state index < -0.39 is 5.97 Å². The highest BCUT2D eigenvalue weighted by molar-refractivity contribution is 9.10. The first-order valence-corrected chi connectivity index (χ1v) is 7.52. The molecule has 19 heavy (non-hydrogen) atoms. The summed E-state index contributed by atoms with van der Waals surface area (Å²) in [5.41, 5.74) is 1.03. The van der Waals surface area contributed by atoms with E-state index in [1.807, 2.05) is 54.6 Å². The van der Waals surface area contributed by atoms with E-state index in [1.165, 1.54) is 0 Å². The van der Waals surface area contributed by atoms with Gasteiger partial charge in [0.25, 0.3) is 0 Å². The van der Waals surface area contributed by atoms with Gasteiger partial charge in [0, 0.05) is 14.6 Å². The van der Waals surface area contributed by atoms with Crippen LogP contribution < -0.4 is 0 Å². The molecule has 0 aliphatic carbocycles. The molecule has 2 aromatic rings. The Kier molecular flexibility index (Phi) is 5.05. The molecule has 0 saturated heterocycles. The molecular formula is C15H13BrO2S. The van der Waals surface area contributed by atoms with Crippen LogP contribution in [0.1, 0.15) is 17.2 Å². The standard InChI is InChI=1S/C15H13BrO2S/c16-12-8-4-5-9-13(12)19-14(10-15(17)18)11-6-2-1-3-7-11/h1-9,14H,10H2,(H,17,18). The van der Waals surface area contributed by atoms with Gasteiger partial charge in [-0.15, -0.1) is 11.8 Å². The quantitative estimate of drug-likeness (QED) is 0.800. The predicted octanol–water partition coefficient (Wildman–Crippen LogP) is 4.76. The monoisotopic (exact) mass is 336 g/mol. The van der Waals surface area contributed by atoms with E-state index in [-0.39, 0.29) is 11.7 Å². The van der Waals surface area contributed by atoms with Crippen LogP contribution in [0.2, 0.25) is 0 Å². The van der Waals surface area contributed by atoms with Crippen LogP contribution in [-0.2, 0) is 4.79 Å².